The number of carbonyl (C=O) groups excluding carboxylic acids is 1. The number of amides is 1. The highest BCUT2D eigenvalue weighted by atomic mass is 16.5. The van der Waals surface area contributed by atoms with Crippen LogP contribution in [-0.2, 0) is 13.2 Å². The van der Waals surface area contributed by atoms with Gasteiger partial charge >= 0.3 is 0 Å². The number of ether oxygens (including phenoxy) is 1. The van der Waals surface area contributed by atoms with Gasteiger partial charge < -0.3 is 14.2 Å². The molecule has 1 fully saturated rings. The fourth-order valence-corrected chi connectivity index (χ4v) is 5.30. The van der Waals surface area contributed by atoms with Crippen LogP contribution in [0.25, 0.3) is 16.7 Å². The molecule has 1 aliphatic rings. The SMILES string of the molecule is Cc1c(C(=O)N2CCC(Cn3c(COc4ccccc4)nc4ccccc43)CC2)cnn1-c1ccccc1. The van der Waals surface area contributed by atoms with E-state index in [-0.39, 0.29) is 5.91 Å². The van der Waals surface area contributed by atoms with Crippen molar-refractivity contribution < 1.29 is 9.53 Å². The Labute approximate surface area is 222 Å². The number of aromatic nitrogens is 4. The summed E-state index contributed by atoms with van der Waals surface area (Å²) in [6.07, 6.45) is 3.60. The molecule has 3 aromatic carbocycles. The standard InChI is InChI=1S/C31H31N5O2/c1-23-27(20-32-36(23)25-10-4-2-5-11-25)31(37)34-18-16-24(17-19-34)21-35-29-15-9-8-14-28(29)33-30(35)22-38-26-12-6-3-7-13-26/h2-15,20,24H,16-19,21-22H2,1H3. The molecular formula is C31H31N5O2. The summed E-state index contributed by atoms with van der Waals surface area (Å²) < 4.78 is 10.2. The van der Waals surface area contributed by atoms with Crippen LogP contribution in [0.4, 0.5) is 0 Å². The van der Waals surface area contributed by atoms with Gasteiger partial charge in [-0.2, -0.15) is 5.10 Å². The van der Waals surface area contributed by atoms with Crippen molar-refractivity contribution in [2.75, 3.05) is 13.1 Å². The third kappa shape index (κ3) is 4.79. The molecule has 1 amide bonds. The Morgan fingerprint density at radius 2 is 1.61 bits per heavy atom. The average molecular weight is 506 g/mol. The second kappa shape index (κ2) is 10.5. The third-order valence-corrected chi connectivity index (χ3v) is 7.43. The fraction of sp³-hybridized carbons (Fsp3) is 0.258. The van der Waals surface area contributed by atoms with Gasteiger partial charge in [-0.15, -0.1) is 0 Å². The monoisotopic (exact) mass is 505 g/mol. The molecule has 1 saturated heterocycles. The molecule has 0 atom stereocenters. The Kier molecular flexibility index (Phi) is 6.65. The molecule has 0 bridgehead atoms. The maximum atomic E-state index is 13.4. The number of hydrogen-bond donors (Lipinski definition) is 0. The van der Waals surface area contributed by atoms with Gasteiger partial charge in [0.05, 0.1) is 34.2 Å². The Morgan fingerprint density at radius 1 is 0.921 bits per heavy atom. The van der Waals surface area contributed by atoms with Gasteiger partial charge in [0.25, 0.3) is 5.91 Å². The Morgan fingerprint density at radius 3 is 2.37 bits per heavy atom. The van der Waals surface area contributed by atoms with Crippen LogP contribution in [0.5, 0.6) is 5.75 Å². The van der Waals surface area contributed by atoms with E-state index in [2.05, 4.69) is 27.9 Å². The molecule has 3 heterocycles. The number of piperidine rings is 1. The number of imidazole rings is 1. The highest BCUT2D eigenvalue weighted by molar-refractivity contribution is 5.95. The smallest absolute Gasteiger partial charge is 0.257 e. The van der Waals surface area contributed by atoms with Gasteiger partial charge in [0, 0.05) is 19.6 Å². The first kappa shape index (κ1) is 24.0. The van der Waals surface area contributed by atoms with Crippen LogP contribution in [0.2, 0.25) is 0 Å². The molecule has 0 saturated carbocycles. The molecule has 6 rings (SSSR count). The predicted molar refractivity (Wildman–Crippen MR) is 147 cm³/mol. The van der Waals surface area contributed by atoms with Crippen LogP contribution < -0.4 is 4.74 Å². The second-order valence-corrected chi connectivity index (χ2v) is 9.86. The lowest BCUT2D eigenvalue weighted by molar-refractivity contribution is 0.0682. The van der Waals surface area contributed by atoms with Crippen LogP contribution in [0.1, 0.15) is 34.7 Å². The number of nitrogens with zero attached hydrogens (tertiary/aromatic N) is 5. The van der Waals surface area contributed by atoms with Crippen LogP contribution in [0, 0.1) is 12.8 Å². The number of fused-ring (bicyclic) bond motifs is 1. The van der Waals surface area contributed by atoms with Gasteiger partial charge in [0.15, 0.2) is 0 Å². The van der Waals surface area contributed by atoms with Crippen LogP contribution in [0.15, 0.2) is 91.1 Å². The molecule has 38 heavy (non-hydrogen) atoms. The van der Waals surface area contributed by atoms with Crippen LogP contribution >= 0.6 is 0 Å². The van der Waals surface area contributed by atoms with Crippen molar-refractivity contribution in [3.05, 3.63) is 108 Å². The minimum absolute atomic E-state index is 0.0631. The number of carbonyl (C=O) groups is 1. The molecular weight excluding hydrogens is 474 g/mol. The number of para-hydroxylation sites is 4. The summed E-state index contributed by atoms with van der Waals surface area (Å²) in [5, 5.41) is 4.49. The zero-order valence-electron chi connectivity index (χ0n) is 21.5. The summed E-state index contributed by atoms with van der Waals surface area (Å²) in [6.45, 7) is 4.72. The Hall–Kier alpha value is -4.39. The molecule has 7 heteroatoms. The highest BCUT2D eigenvalue weighted by Crippen LogP contribution is 2.26. The molecule has 192 valence electrons. The molecule has 0 unspecified atom stereocenters. The van der Waals surface area contributed by atoms with E-state index in [0.717, 1.165) is 66.5 Å². The summed E-state index contributed by atoms with van der Waals surface area (Å²) in [7, 11) is 0. The second-order valence-electron chi connectivity index (χ2n) is 9.86. The number of rotatable bonds is 7. The first-order valence-electron chi connectivity index (χ1n) is 13.2. The van der Waals surface area contributed by atoms with Gasteiger partial charge in [0.2, 0.25) is 0 Å². The summed E-state index contributed by atoms with van der Waals surface area (Å²) in [5.41, 5.74) is 4.62. The van der Waals surface area contributed by atoms with Crippen LogP contribution in [0.3, 0.4) is 0 Å². The normalized spacial score (nSPS) is 14.2. The zero-order valence-corrected chi connectivity index (χ0v) is 21.5. The van der Waals surface area contributed by atoms with Gasteiger partial charge in [-0.05, 0) is 62.1 Å². The Bertz CT molecular complexity index is 1530. The first-order valence-corrected chi connectivity index (χ1v) is 13.2. The molecule has 7 nitrogen and oxygen atoms in total. The van der Waals surface area contributed by atoms with Crippen molar-refractivity contribution in [1.29, 1.82) is 0 Å². The van der Waals surface area contributed by atoms with Crippen molar-refractivity contribution in [3.8, 4) is 11.4 Å². The lowest BCUT2D eigenvalue weighted by Gasteiger charge is -2.32. The highest BCUT2D eigenvalue weighted by Gasteiger charge is 2.27. The van der Waals surface area contributed by atoms with Gasteiger partial charge in [0.1, 0.15) is 18.2 Å². The summed E-state index contributed by atoms with van der Waals surface area (Å²) in [6, 6.07) is 28.0. The van der Waals surface area contributed by atoms with Crippen molar-refractivity contribution in [2.45, 2.75) is 32.9 Å². The first-order chi connectivity index (χ1) is 18.7. The van der Waals surface area contributed by atoms with Crippen molar-refractivity contribution in [3.63, 3.8) is 0 Å². The summed E-state index contributed by atoms with van der Waals surface area (Å²) in [5.74, 6) is 2.29. The molecule has 0 N–H and O–H groups in total. The van der Waals surface area contributed by atoms with E-state index in [4.69, 9.17) is 9.72 Å². The van der Waals surface area contributed by atoms with E-state index in [9.17, 15) is 4.79 Å². The van der Waals surface area contributed by atoms with E-state index in [1.54, 1.807) is 6.20 Å². The maximum absolute atomic E-state index is 13.4. The average Bonchev–Trinajstić information content (AvgIpc) is 3.53. The van der Waals surface area contributed by atoms with Crippen molar-refractivity contribution in [2.24, 2.45) is 5.92 Å². The predicted octanol–water partition coefficient (Wildman–Crippen LogP) is 5.66. The van der Waals surface area contributed by atoms with E-state index in [0.29, 0.717) is 18.1 Å². The van der Waals surface area contributed by atoms with Crippen molar-refractivity contribution in [1.82, 2.24) is 24.2 Å². The molecule has 1 aliphatic heterocycles. The molecule has 5 aromatic rings. The van der Waals surface area contributed by atoms with Crippen molar-refractivity contribution >= 4 is 16.9 Å². The van der Waals surface area contributed by atoms with E-state index >= 15 is 0 Å². The Balaban J connectivity index is 1.13. The topological polar surface area (TPSA) is 65.2 Å². The largest absolute Gasteiger partial charge is 0.486 e. The lowest BCUT2D eigenvalue weighted by Crippen LogP contribution is -2.39. The maximum Gasteiger partial charge on any atom is 0.257 e. The molecule has 2 aromatic heterocycles. The minimum Gasteiger partial charge on any atom is -0.486 e. The van der Waals surface area contributed by atoms with Gasteiger partial charge in [-0.1, -0.05) is 48.5 Å². The zero-order chi connectivity index (χ0) is 25.9. The summed E-state index contributed by atoms with van der Waals surface area (Å²) in [4.78, 5) is 20.2. The lowest BCUT2D eigenvalue weighted by atomic mass is 9.96. The molecule has 0 aliphatic carbocycles. The molecule has 0 spiro atoms. The van der Waals surface area contributed by atoms with Crippen LogP contribution in [-0.4, -0.2) is 43.2 Å². The summed E-state index contributed by atoms with van der Waals surface area (Å²) >= 11 is 0. The number of hydrogen-bond acceptors (Lipinski definition) is 4. The van der Waals surface area contributed by atoms with Gasteiger partial charge in [-0.25, -0.2) is 9.67 Å². The third-order valence-electron chi connectivity index (χ3n) is 7.43. The van der Waals surface area contributed by atoms with E-state index < -0.39 is 0 Å². The van der Waals surface area contributed by atoms with E-state index in [1.807, 2.05) is 83.2 Å². The van der Waals surface area contributed by atoms with Gasteiger partial charge in [-0.3, -0.25) is 4.79 Å². The minimum atomic E-state index is 0.0631. The quantitative estimate of drug-likeness (QED) is 0.286. The number of likely N-dealkylation sites (tertiary alicyclic amines) is 1. The van der Waals surface area contributed by atoms with E-state index in [1.165, 1.54) is 0 Å². The molecule has 0 radical (unpaired) electrons. The number of benzene rings is 3. The fourth-order valence-electron chi connectivity index (χ4n) is 5.30.